The Morgan fingerprint density at radius 1 is 1.00 bits per heavy atom. The first-order chi connectivity index (χ1) is 12.8. The maximum Gasteiger partial charge on any atom is 0.255 e. The van der Waals surface area contributed by atoms with E-state index in [0.29, 0.717) is 22.0 Å². The lowest BCUT2D eigenvalue weighted by molar-refractivity contribution is -0.114. The third-order valence-corrected chi connectivity index (χ3v) is 4.25. The molecule has 0 atom stereocenters. The van der Waals surface area contributed by atoms with Crippen molar-refractivity contribution in [2.24, 2.45) is 0 Å². The van der Waals surface area contributed by atoms with Crippen molar-refractivity contribution in [2.75, 3.05) is 10.6 Å². The predicted molar refractivity (Wildman–Crippen MR) is 107 cm³/mol. The van der Waals surface area contributed by atoms with Crippen LogP contribution in [0.25, 0.3) is 5.69 Å². The Morgan fingerprint density at radius 3 is 2.30 bits per heavy atom. The van der Waals surface area contributed by atoms with Crippen molar-refractivity contribution in [3.63, 3.8) is 0 Å². The van der Waals surface area contributed by atoms with Gasteiger partial charge in [-0.2, -0.15) is 5.10 Å². The lowest BCUT2D eigenvalue weighted by Gasteiger charge is -2.10. The number of nitrogens with zero attached hydrogens (tertiary/aromatic N) is 2. The fourth-order valence-electron chi connectivity index (χ4n) is 2.74. The molecule has 0 aliphatic carbocycles. The Balaban J connectivity index is 1.77. The standard InChI is InChI=1S/C20H19ClN4O2/c1-12-10-13(2)25(24-12)17-7-4-15(5-8-17)20(27)23-16-6-9-18(21)19(11-16)22-14(3)26/h4-11H,1-3H3,(H,22,26)(H,23,27). The molecule has 2 N–H and O–H groups in total. The molecule has 0 fully saturated rings. The zero-order valence-corrected chi connectivity index (χ0v) is 16.0. The van der Waals surface area contributed by atoms with E-state index in [0.717, 1.165) is 17.1 Å². The number of hydrogen-bond donors (Lipinski definition) is 2. The van der Waals surface area contributed by atoms with Crippen LogP contribution in [0.1, 0.15) is 28.7 Å². The molecule has 0 saturated carbocycles. The molecule has 0 spiro atoms. The van der Waals surface area contributed by atoms with E-state index < -0.39 is 0 Å². The number of aromatic nitrogens is 2. The van der Waals surface area contributed by atoms with E-state index >= 15 is 0 Å². The fourth-order valence-corrected chi connectivity index (χ4v) is 2.90. The number of carbonyl (C=O) groups excluding carboxylic acids is 2. The first-order valence-electron chi connectivity index (χ1n) is 8.35. The molecule has 0 aliphatic rings. The number of amides is 2. The zero-order chi connectivity index (χ0) is 19.6. The van der Waals surface area contributed by atoms with Crippen molar-refractivity contribution >= 4 is 34.8 Å². The molecule has 0 radical (unpaired) electrons. The summed E-state index contributed by atoms with van der Waals surface area (Å²) in [7, 11) is 0. The predicted octanol–water partition coefficient (Wildman–Crippen LogP) is 4.35. The molecule has 27 heavy (non-hydrogen) atoms. The monoisotopic (exact) mass is 382 g/mol. The summed E-state index contributed by atoms with van der Waals surface area (Å²) in [4.78, 5) is 23.7. The molecule has 7 heteroatoms. The van der Waals surface area contributed by atoms with E-state index in [9.17, 15) is 9.59 Å². The van der Waals surface area contributed by atoms with E-state index in [1.165, 1.54) is 6.92 Å². The van der Waals surface area contributed by atoms with E-state index in [-0.39, 0.29) is 11.8 Å². The first-order valence-corrected chi connectivity index (χ1v) is 8.73. The van der Waals surface area contributed by atoms with Crippen molar-refractivity contribution in [1.82, 2.24) is 9.78 Å². The summed E-state index contributed by atoms with van der Waals surface area (Å²) in [6, 6.07) is 14.1. The van der Waals surface area contributed by atoms with Crippen LogP contribution in [-0.2, 0) is 4.79 Å². The van der Waals surface area contributed by atoms with Crippen LogP contribution in [0.5, 0.6) is 0 Å². The maximum absolute atomic E-state index is 12.5. The highest BCUT2D eigenvalue weighted by molar-refractivity contribution is 6.33. The van der Waals surface area contributed by atoms with Crippen LogP contribution in [0.3, 0.4) is 0 Å². The normalized spacial score (nSPS) is 10.5. The van der Waals surface area contributed by atoms with E-state index in [2.05, 4.69) is 15.7 Å². The van der Waals surface area contributed by atoms with Crippen LogP contribution in [0.2, 0.25) is 5.02 Å². The van der Waals surface area contributed by atoms with Gasteiger partial charge in [0.1, 0.15) is 0 Å². The Morgan fingerprint density at radius 2 is 1.70 bits per heavy atom. The second kappa shape index (κ2) is 7.63. The smallest absolute Gasteiger partial charge is 0.255 e. The minimum absolute atomic E-state index is 0.236. The van der Waals surface area contributed by atoms with Gasteiger partial charge < -0.3 is 10.6 Å². The number of benzene rings is 2. The summed E-state index contributed by atoms with van der Waals surface area (Å²) in [6.07, 6.45) is 0. The van der Waals surface area contributed by atoms with Crippen molar-refractivity contribution in [3.8, 4) is 5.69 Å². The van der Waals surface area contributed by atoms with E-state index in [1.54, 1.807) is 30.3 Å². The number of halogens is 1. The van der Waals surface area contributed by atoms with Gasteiger partial charge in [-0.3, -0.25) is 9.59 Å². The fraction of sp³-hybridized carbons (Fsp3) is 0.150. The van der Waals surface area contributed by atoms with Crippen LogP contribution in [0, 0.1) is 13.8 Å². The molecular weight excluding hydrogens is 364 g/mol. The summed E-state index contributed by atoms with van der Waals surface area (Å²) in [5, 5.41) is 10.3. The minimum atomic E-state index is -0.258. The Kier molecular flexibility index (Phi) is 5.28. The van der Waals surface area contributed by atoms with Gasteiger partial charge in [-0.15, -0.1) is 0 Å². The average Bonchev–Trinajstić information content (AvgIpc) is 2.96. The van der Waals surface area contributed by atoms with Gasteiger partial charge >= 0.3 is 0 Å². The van der Waals surface area contributed by atoms with Crippen LogP contribution in [-0.4, -0.2) is 21.6 Å². The van der Waals surface area contributed by atoms with E-state index in [1.807, 2.05) is 36.7 Å². The van der Waals surface area contributed by atoms with Gasteiger partial charge in [-0.1, -0.05) is 11.6 Å². The van der Waals surface area contributed by atoms with Gasteiger partial charge in [0, 0.05) is 23.9 Å². The van der Waals surface area contributed by atoms with Gasteiger partial charge in [0.05, 0.1) is 22.1 Å². The number of anilines is 2. The molecule has 0 unspecified atom stereocenters. The minimum Gasteiger partial charge on any atom is -0.325 e. The maximum atomic E-state index is 12.5. The van der Waals surface area contributed by atoms with Crippen molar-refractivity contribution in [3.05, 3.63) is 70.5 Å². The number of carbonyl (C=O) groups is 2. The number of rotatable bonds is 4. The molecule has 6 nitrogen and oxygen atoms in total. The quantitative estimate of drug-likeness (QED) is 0.704. The SMILES string of the molecule is CC(=O)Nc1cc(NC(=O)c2ccc(-n3nc(C)cc3C)cc2)ccc1Cl. The third-order valence-electron chi connectivity index (χ3n) is 3.92. The van der Waals surface area contributed by atoms with Crippen molar-refractivity contribution < 1.29 is 9.59 Å². The number of hydrogen-bond acceptors (Lipinski definition) is 3. The summed E-state index contributed by atoms with van der Waals surface area (Å²) >= 11 is 6.05. The first kappa shape index (κ1) is 18.7. The molecule has 0 bridgehead atoms. The second-order valence-electron chi connectivity index (χ2n) is 6.22. The Hall–Kier alpha value is -3.12. The third kappa shape index (κ3) is 4.35. The Labute approximate surface area is 162 Å². The summed E-state index contributed by atoms with van der Waals surface area (Å²) < 4.78 is 1.83. The molecule has 3 rings (SSSR count). The molecule has 1 heterocycles. The van der Waals surface area contributed by atoms with Crippen molar-refractivity contribution in [2.45, 2.75) is 20.8 Å². The molecule has 0 saturated heterocycles. The van der Waals surface area contributed by atoms with Gasteiger partial charge in [0.25, 0.3) is 5.91 Å². The second-order valence-corrected chi connectivity index (χ2v) is 6.62. The van der Waals surface area contributed by atoms with Crippen LogP contribution in [0.4, 0.5) is 11.4 Å². The highest BCUT2D eigenvalue weighted by Gasteiger charge is 2.10. The zero-order valence-electron chi connectivity index (χ0n) is 15.2. The number of aryl methyl sites for hydroxylation is 2. The number of nitrogens with one attached hydrogen (secondary N) is 2. The largest absolute Gasteiger partial charge is 0.325 e. The van der Waals surface area contributed by atoms with Crippen LogP contribution < -0.4 is 10.6 Å². The van der Waals surface area contributed by atoms with Gasteiger partial charge in [-0.05, 0) is 62.4 Å². The van der Waals surface area contributed by atoms with Crippen molar-refractivity contribution in [1.29, 1.82) is 0 Å². The molecule has 1 aromatic heterocycles. The molecular formula is C20H19ClN4O2. The molecule has 0 aliphatic heterocycles. The molecule has 2 aromatic carbocycles. The molecule has 138 valence electrons. The Bertz CT molecular complexity index is 1010. The highest BCUT2D eigenvalue weighted by Crippen LogP contribution is 2.26. The summed E-state index contributed by atoms with van der Waals surface area (Å²) in [5.74, 6) is -0.494. The topological polar surface area (TPSA) is 76.0 Å². The lowest BCUT2D eigenvalue weighted by Crippen LogP contribution is -2.13. The highest BCUT2D eigenvalue weighted by atomic mass is 35.5. The van der Waals surface area contributed by atoms with Gasteiger partial charge in [0.15, 0.2) is 0 Å². The van der Waals surface area contributed by atoms with Gasteiger partial charge in [0.2, 0.25) is 5.91 Å². The molecule has 2 amide bonds. The summed E-state index contributed by atoms with van der Waals surface area (Å²) in [6.45, 7) is 5.31. The van der Waals surface area contributed by atoms with Gasteiger partial charge in [-0.25, -0.2) is 4.68 Å². The molecule has 3 aromatic rings. The van der Waals surface area contributed by atoms with Crippen LogP contribution in [0.15, 0.2) is 48.5 Å². The average molecular weight is 383 g/mol. The van der Waals surface area contributed by atoms with E-state index in [4.69, 9.17) is 11.6 Å². The lowest BCUT2D eigenvalue weighted by atomic mass is 10.2. The summed E-state index contributed by atoms with van der Waals surface area (Å²) in [5.41, 5.74) is 4.34. The van der Waals surface area contributed by atoms with Crippen LogP contribution >= 0.6 is 11.6 Å².